The van der Waals surface area contributed by atoms with Crippen molar-refractivity contribution in [3.05, 3.63) is 16.5 Å². The second-order valence-corrected chi connectivity index (χ2v) is 7.16. The number of aliphatic carboxylic acids is 2. The SMILES string of the molecule is O=C(O)CCC(NS(=O)(=O)c1ccc(Cl)s1)C(=O)O. The van der Waals surface area contributed by atoms with Crippen LogP contribution in [-0.2, 0) is 19.6 Å². The fraction of sp³-hybridized carbons (Fsp3) is 0.333. The Morgan fingerprint density at radius 3 is 2.42 bits per heavy atom. The molecular formula is C9H10ClNO6S2. The molecule has 1 atom stereocenters. The highest BCUT2D eigenvalue weighted by Gasteiger charge is 2.26. The Bertz CT molecular complexity index is 581. The maximum Gasteiger partial charge on any atom is 0.321 e. The first-order chi connectivity index (χ1) is 8.72. The minimum Gasteiger partial charge on any atom is -0.481 e. The molecule has 0 amide bonds. The number of sulfonamides is 1. The zero-order valence-electron chi connectivity index (χ0n) is 9.37. The highest BCUT2D eigenvalue weighted by atomic mass is 35.5. The van der Waals surface area contributed by atoms with Crippen molar-refractivity contribution in [3.63, 3.8) is 0 Å². The summed E-state index contributed by atoms with van der Waals surface area (Å²) in [6, 6.07) is 1.11. The molecule has 0 aliphatic rings. The van der Waals surface area contributed by atoms with E-state index in [9.17, 15) is 18.0 Å². The van der Waals surface area contributed by atoms with Crippen LogP contribution in [0.3, 0.4) is 0 Å². The lowest BCUT2D eigenvalue weighted by molar-refractivity contribution is -0.140. The van der Waals surface area contributed by atoms with Crippen LogP contribution in [0.25, 0.3) is 0 Å². The van der Waals surface area contributed by atoms with Crippen LogP contribution in [0.2, 0.25) is 4.34 Å². The summed E-state index contributed by atoms with van der Waals surface area (Å²) in [7, 11) is -4.02. The van der Waals surface area contributed by atoms with Crippen molar-refractivity contribution in [2.24, 2.45) is 0 Å². The summed E-state index contributed by atoms with van der Waals surface area (Å²) in [5.74, 6) is -2.64. The van der Waals surface area contributed by atoms with Gasteiger partial charge in [0.2, 0.25) is 0 Å². The van der Waals surface area contributed by atoms with E-state index in [4.69, 9.17) is 21.8 Å². The molecule has 0 spiro atoms. The van der Waals surface area contributed by atoms with Crippen LogP contribution in [-0.4, -0.2) is 36.6 Å². The first-order valence-electron chi connectivity index (χ1n) is 4.94. The molecule has 0 radical (unpaired) electrons. The number of rotatable bonds is 7. The maximum absolute atomic E-state index is 11.8. The van der Waals surface area contributed by atoms with Gasteiger partial charge < -0.3 is 10.2 Å². The van der Waals surface area contributed by atoms with Crippen molar-refractivity contribution in [1.29, 1.82) is 0 Å². The van der Waals surface area contributed by atoms with Gasteiger partial charge >= 0.3 is 11.9 Å². The molecule has 1 aromatic rings. The number of nitrogens with one attached hydrogen (secondary N) is 1. The van der Waals surface area contributed by atoms with E-state index in [1.54, 1.807) is 0 Å². The molecular weight excluding hydrogens is 318 g/mol. The number of carboxylic acids is 2. The summed E-state index contributed by atoms with van der Waals surface area (Å²) in [6.45, 7) is 0. The van der Waals surface area contributed by atoms with E-state index in [0.29, 0.717) is 0 Å². The van der Waals surface area contributed by atoms with Crippen LogP contribution in [0.15, 0.2) is 16.3 Å². The fourth-order valence-electron chi connectivity index (χ4n) is 1.19. The van der Waals surface area contributed by atoms with E-state index in [1.807, 2.05) is 4.72 Å². The minimum atomic E-state index is -4.02. The molecule has 0 saturated carbocycles. The molecule has 0 bridgehead atoms. The molecule has 1 heterocycles. The number of carbonyl (C=O) groups is 2. The maximum atomic E-state index is 11.8. The predicted molar refractivity (Wildman–Crippen MR) is 67.9 cm³/mol. The van der Waals surface area contributed by atoms with Gasteiger partial charge in [-0.1, -0.05) is 11.6 Å². The summed E-state index contributed by atoms with van der Waals surface area (Å²) >= 11 is 6.38. The van der Waals surface area contributed by atoms with Gasteiger partial charge in [0.15, 0.2) is 0 Å². The summed E-state index contributed by atoms with van der Waals surface area (Å²) in [4.78, 5) is 21.3. The smallest absolute Gasteiger partial charge is 0.321 e. The van der Waals surface area contributed by atoms with Crippen LogP contribution < -0.4 is 4.72 Å². The Balaban J connectivity index is 2.84. The van der Waals surface area contributed by atoms with Crippen LogP contribution in [0.5, 0.6) is 0 Å². The van der Waals surface area contributed by atoms with Crippen molar-refractivity contribution in [3.8, 4) is 0 Å². The third-order valence-corrected chi connectivity index (χ3v) is 5.25. The van der Waals surface area contributed by atoms with Crippen LogP contribution in [0, 0.1) is 0 Å². The standard InChI is InChI=1S/C9H10ClNO6S2/c10-6-2-4-8(18-6)19(16,17)11-5(9(14)15)1-3-7(12)13/h2,4-5,11H,1,3H2,(H,12,13)(H,14,15). The molecule has 106 valence electrons. The lowest BCUT2D eigenvalue weighted by Gasteiger charge is -2.12. The molecule has 10 heteroatoms. The molecule has 0 aliphatic carbocycles. The summed E-state index contributed by atoms with van der Waals surface area (Å²) in [6.07, 6.45) is -0.798. The highest BCUT2D eigenvalue weighted by molar-refractivity contribution is 7.91. The lowest BCUT2D eigenvalue weighted by atomic mass is 10.2. The Kier molecular flexibility index (Phi) is 5.29. The van der Waals surface area contributed by atoms with E-state index in [-0.39, 0.29) is 15.0 Å². The van der Waals surface area contributed by atoms with Gasteiger partial charge in [-0.05, 0) is 18.6 Å². The van der Waals surface area contributed by atoms with Crippen molar-refractivity contribution in [1.82, 2.24) is 4.72 Å². The Labute approximate surface area is 117 Å². The van der Waals surface area contributed by atoms with Crippen LogP contribution in [0.1, 0.15) is 12.8 Å². The van der Waals surface area contributed by atoms with Gasteiger partial charge in [-0.2, -0.15) is 4.72 Å². The number of thiophene rings is 1. The molecule has 0 fully saturated rings. The predicted octanol–water partition coefficient (Wildman–Crippen LogP) is 0.998. The average molecular weight is 328 g/mol. The number of carboxylic acid groups (broad SMARTS) is 2. The number of halogens is 1. The average Bonchev–Trinajstić information content (AvgIpc) is 2.71. The lowest BCUT2D eigenvalue weighted by Crippen LogP contribution is -2.40. The van der Waals surface area contributed by atoms with Gasteiger partial charge in [-0.15, -0.1) is 11.3 Å². The van der Waals surface area contributed by atoms with Gasteiger partial charge in [0.1, 0.15) is 10.3 Å². The van der Waals surface area contributed by atoms with Crippen molar-refractivity contribution in [2.45, 2.75) is 23.1 Å². The van der Waals surface area contributed by atoms with Gasteiger partial charge in [-0.25, -0.2) is 8.42 Å². The van der Waals surface area contributed by atoms with E-state index < -0.39 is 34.4 Å². The van der Waals surface area contributed by atoms with Crippen molar-refractivity contribution < 1.29 is 28.2 Å². The summed E-state index contributed by atoms with van der Waals surface area (Å²) in [5.41, 5.74) is 0. The molecule has 7 nitrogen and oxygen atoms in total. The van der Waals surface area contributed by atoms with Crippen LogP contribution in [0.4, 0.5) is 0 Å². The van der Waals surface area contributed by atoms with E-state index in [2.05, 4.69) is 0 Å². The topological polar surface area (TPSA) is 121 Å². The second-order valence-electron chi connectivity index (χ2n) is 3.50. The van der Waals surface area contributed by atoms with E-state index in [1.165, 1.54) is 12.1 Å². The van der Waals surface area contributed by atoms with Gasteiger partial charge in [0.05, 0.1) is 4.34 Å². The molecule has 3 N–H and O–H groups in total. The van der Waals surface area contributed by atoms with Gasteiger partial charge in [0, 0.05) is 6.42 Å². The third-order valence-electron chi connectivity index (χ3n) is 2.06. The molecule has 0 saturated heterocycles. The Morgan fingerprint density at radius 1 is 1.37 bits per heavy atom. The van der Waals surface area contributed by atoms with Gasteiger partial charge in [0.25, 0.3) is 10.0 Å². The largest absolute Gasteiger partial charge is 0.481 e. The zero-order valence-corrected chi connectivity index (χ0v) is 11.8. The van der Waals surface area contributed by atoms with E-state index >= 15 is 0 Å². The first-order valence-corrected chi connectivity index (χ1v) is 7.62. The number of hydrogen-bond acceptors (Lipinski definition) is 5. The van der Waals surface area contributed by atoms with Crippen molar-refractivity contribution in [2.75, 3.05) is 0 Å². The normalized spacial score (nSPS) is 13.1. The quantitative estimate of drug-likeness (QED) is 0.687. The first kappa shape index (κ1) is 15.9. The molecule has 1 unspecified atom stereocenters. The Hall–Kier alpha value is -1.16. The van der Waals surface area contributed by atoms with Gasteiger partial charge in [-0.3, -0.25) is 9.59 Å². The monoisotopic (exact) mass is 327 g/mol. The number of hydrogen-bond donors (Lipinski definition) is 3. The third kappa shape index (κ3) is 4.78. The highest BCUT2D eigenvalue weighted by Crippen LogP contribution is 2.25. The van der Waals surface area contributed by atoms with Crippen LogP contribution >= 0.6 is 22.9 Å². The molecule has 1 aromatic heterocycles. The minimum absolute atomic E-state index is 0.126. The van der Waals surface area contributed by atoms with E-state index in [0.717, 1.165) is 11.3 Å². The summed E-state index contributed by atoms with van der Waals surface area (Å²) in [5, 5.41) is 17.3. The summed E-state index contributed by atoms with van der Waals surface area (Å²) < 4.78 is 25.7. The molecule has 0 aromatic carbocycles. The zero-order chi connectivity index (χ0) is 14.6. The van der Waals surface area contributed by atoms with Crippen molar-refractivity contribution >= 4 is 44.9 Å². The molecule has 19 heavy (non-hydrogen) atoms. The molecule has 0 aliphatic heterocycles. The molecule has 1 rings (SSSR count). The second kappa shape index (κ2) is 6.33. The fourth-order valence-corrected chi connectivity index (χ4v) is 3.91. The Morgan fingerprint density at radius 2 is 2.00 bits per heavy atom.